The third-order valence-electron chi connectivity index (χ3n) is 5.44. The number of hydrogen-bond donors (Lipinski definition) is 1. The molecule has 0 aliphatic heterocycles. The summed E-state index contributed by atoms with van der Waals surface area (Å²) in [5.41, 5.74) is 2.06. The van der Waals surface area contributed by atoms with E-state index in [0.717, 1.165) is 23.8 Å². The molecule has 0 spiro atoms. The molecule has 2 saturated carbocycles. The van der Waals surface area contributed by atoms with Gasteiger partial charge in [0, 0.05) is 6.04 Å². The van der Waals surface area contributed by atoms with Gasteiger partial charge in [0.25, 0.3) is 0 Å². The maximum atomic E-state index is 3.78. The highest BCUT2D eigenvalue weighted by molar-refractivity contribution is 7.07. The van der Waals surface area contributed by atoms with Gasteiger partial charge in [-0.15, -0.1) is 0 Å². The molecule has 1 heterocycles. The maximum absolute atomic E-state index is 3.78. The van der Waals surface area contributed by atoms with Gasteiger partial charge in [0.05, 0.1) is 0 Å². The van der Waals surface area contributed by atoms with Crippen molar-refractivity contribution in [3.8, 4) is 0 Å². The summed E-state index contributed by atoms with van der Waals surface area (Å²) < 4.78 is 0. The van der Waals surface area contributed by atoms with Crippen LogP contribution in [0.25, 0.3) is 0 Å². The highest BCUT2D eigenvalue weighted by Crippen LogP contribution is 2.47. The summed E-state index contributed by atoms with van der Waals surface area (Å²) in [6.45, 7) is 8.50. The second-order valence-corrected chi connectivity index (χ2v) is 8.76. The first-order chi connectivity index (χ1) is 9.54. The van der Waals surface area contributed by atoms with Crippen molar-refractivity contribution in [3.63, 3.8) is 0 Å². The average Bonchev–Trinajstić information content (AvgIpc) is 3.07. The topological polar surface area (TPSA) is 12.0 Å². The molecular weight excluding hydrogens is 262 g/mol. The zero-order valence-corrected chi connectivity index (χ0v) is 14.0. The van der Waals surface area contributed by atoms with Gasteiger partial charge in [0.15, 0.2) is 0 Å². The number of hydrogen-bond acceptors (Lipinski definition) is 2. The van der Waals surface area contributed by atoms with Crippen molar-refractivity contribution in [2.75, 3.05) is 6.54 Å². The van der Waals surface area contributed by atoms with Gasteiger partial charge in [-0.1, -0.05) is 20.8 Å². The highest BCUT2D eigenvalue weighted by atomic mass is 32.1. The van der Waals surface area contributed by atoms with Crippen molar-refractivity contribution in [3.05, 3.63) is 22.4 Å². The van der Waals surface area contributed by atoms with E-state index in [-0.39, 0.29) is 0 Å². The highest BCUT2D eigenvalue weighted by Gasteiger charge is 2.37. The summed E-state index contributed by atoms with van der Waals surface area (Å²) in [4.78, 5) is 0. The summed E-state index contributed by atoms with van der Waals surface area (Å²) in [6, 6.07) is 3.21. The summed E-state index contributed by atoms with van der Waals surface area (Å²) >= 11 is 1.86. The van der Waals surface area contributed by atoms with Crippen LogP contribution in [0.1, 0.15) is 64.4 Å². The molecule has 1 N–H and O–H groups in total. The van der Waals surface area contributed by atoms with Crippen molar-refractivity contribution < 1.29 is 0 Å². The summed E-state index contributed by atoms with van der Waals surface area (Å²) in [5.74, 6) is 2.51. The van der Waals surface area contributed by atoms with Gasteiger partial charge in [-0.05, 0) is 84.2 Å². The fourth-order valence-corrected chi connectivity index (χ4v) is 4.49. The van der Waals surface area contributed by atoms with Crippen LogP contribution in [0.2, 0.25) is 0 Å². The molecule has 1 aromatic rings. The van der Waals surface area contributed by atoms with E-state index >= 15 is 0 Å². The number of rotatable bonds is 4. The Balaban J connectivity index is 1.69. The minimum Gasteiger partial charge on any atom is -0.314 e. The SMILES string of the molecule is CC(C)(C)C1CCC(CNC2CC2)C(c2ccsc2)C1. The molecule has 3 unspecified atom stereocenters. The molecule has 0 amide bonds. The van der Waals surface area contributed by atoms with Crippen LogP contribution in [-0.2, 0) is 0 Å². The Labute approximate surface area is 128 Å². The Bertz CT molecular complexity index is 413. The van der Waals surface area contributed by atoms with E-state index in [1.54, 1.807) is 5.56 Å². The van der Waals surface area contributed by atoms with Gasteiger partial charge in [0.1, 0.15) is 0 Å². The zero-order chi connectivity index (χ0) is 14.2. The molecule has 2 heteroatoms. The minimum absolute atomic E-state index is 0.461. The van der Waals surface area contributed by atoms with Gasteiger partial charge in [-0.2, -0.15) is 11.3 Å². The van der Waals surface area contributed by atoms with Gasteiger partial charge in [-0.25, -0.2) is 0 Å². The van der Waals surface area contributed by atoms with Crippen molar-refractivity contribution in [2.45, 2.75) is 64.8 Å². The van der Waals surface area contributed by atoms with Crippen LogP contribution < -0.4 is 5.32 Å². The van der Waals surface area contributed by atoms with Crippen LogP contribution in [0, 0.1) is 17.3 Å². The standard InChI is InChI=1S/C18H29NS/c1-18(2,3)15-5-4-13(11-19-16-6-7-16)17(10-15)14-8-9-20-12-14/h8-9,12-13,15-17,19H,4-7,10-11H2,1-3H3. The smallest absolute Gasteiger partial charge is 0.00683 e. The van der Waals surface area contributed by atoms with E-state index in [1.165, 1.54) is 38.6 Å². The molecular formula is C18H29NS. The van der Waals surface area contributed by atoms with E-state index in [9.17, 15) is 0 Å². The fourth-order valence-electron chi connectivity index (χ4n) is 3.76. The molecule has 3 atom stereocenters. The van der Waals surface area contributed by atoms with Gasteiger partial charge in [-0.3, -0.25) is 0 Å². The number of nitrogens with one attached hydrogen (secondary N) is 1. The summed E-state index contributed by atoms with van der Waals surface area (Å²) in [5, 5.41) is 8.42. The van der Waals surface area contributed by atoms with Crippen LogP contribution in [0.4, 0.5) is 0 Å². The first kappa shape index (κ1) is 14.6. The lowest BCUT2D eigenvalue weighted by Crippen LogP contribution is -2.36. The molecule has 2 aliphatic carbocycles. The van der Waals surface area contributed by atoms with E-state index in [4.69, 9.17) is 0 Å². The average molecular weight is 292 g/mol. The lowest BCUT2D eigenvalue weighted by atomic mass is 9.64. The van der Waals surface area contributed by atoms with Crippen molar-refractivity contribution in [1.29, 1.82) is 0 Å². The van der Waals surface area contributed by atoms with E-state index in [2.05, 4.69) is 42.9 Å². The van der Waals surface area contributed by atoms with Crippen molar-refractivity contribution in [1.82, 2.24) is 5.32 Å². The van der Waals surface area contributed by atoms with Crippen LogP contribution >= 0.6 is 11.3 Å². The first-order valence-corrected chi connectivity index (χ1v) is 9.24. The monoisotopic (exact) mass is 291 g/mol. The molecule has 3 rings (SSSR count). The number of thiophene rings is 1. The third-order valence-corrected chi connectivity index (χ3v) is 6.14. The Kier molecular flexibility index (Phi) is 4.24. The molecule has 2 aliphatic rings. The Hall–Kier alpha value is -0.340. The quantitative estimate of drug-likeness (QED) is 0.819. The second kappa shape index (κ2) is 5.81. The van der Waals surface area contributed by atoms with E-state index < -0.39 is 0 Å². The fraction of sp³-hybridized carbons (Fsp3) is 0.778. The lowest BCUT2D eigenvalue weighted by molar-refractivity contribution is 0.129. The first-order valence-electron chi connectivity index (χ1n) is 8.29. The Morgan fingerprint density at radius 1 is 1.20 bits per heavy atom. The molecule has 0 aromatic carbocycles. The van der Waals surface area contributed by atoms with Crippen LogP contribution in [-0.4, -0.2) is 12.6 Å². The molecule has 0 bridgehead atoms. The van der Waals surface area contributed by atoms with E-state index in [1.807, 2.05) is 11.3 Å². The van der Waals surface area contributed by atoms with Gasteiger partial charge < -0.3 is 5.32 Å². The third kappa shape index (κ3) is 3.46. The lowest BCUT2D eigenvalue weighted by Gasteiger charge is -2.42. The van der Waals surface area contributed by atoms with Crippen molar-refractivity contribution >= 4 is 11.3 Å². The minimum atomic E-state index is 0.461. The van der Waals surface area contributed by atoms with Crippen molar-refractivity contribution in [2.24, 2.45) is 17.3 Å². The van der Waals surface area contributed by atoms with Gasteiger partial charge in [0.2, 0.25) is 0 Å². The molecule has 1 nitrogen and oxygen atoms in total. The van der Waals surface area contributed by atoms with Crippen LogP contribution in [0.5, 0.6) is 0 Å². The Morgan fingerprint density at radius 3 is 2.60 bits per heavy atom. The zero-order valence-electron chi connectivity index (χ0n) is 13.2. The Morgan fingerprint density at radius 2 is 2.00 bits per heavy atom. The summed E-state index contributed by atoms with van der Waals surface area (Å²) in [6.07, 6.45) is 7.02. The predicted octanol–water partition coefficient (Wildman–Crippen LogP) is 5.05. The molecule has 0 saturated heterocycles. The van der Waals surface area contributed by atoms with Crippen LogP contribution in [0.3, 0.4) is 0 Å². The predicted molar refractivity (Wildman–Crippen MR) is 88.4 cm³/mol. The van der Waals surface area contributed by atoms with Crippen LogP contribution in [0.15, 0.2) is 16.8 Å². The molecule has 20 heavy (non-hydrogen) atoms. The molecule has 2 fully saturated rings. The molecule has 112 valence electrons. The second-order valence-electron chi connectivity index (χ2n) is 7.98. The molecule has 0 radical (unpaired) electrons. The molecule has 1 aromatic heterocycles. The summed E-state index contributed by atoms with van der Waals surface area (Å²) in [7, 11) is 0. The maximum Gasteiger partial charge on any atom is 0.00683 e. The normalized spacial score (nSPS) is 31.4. The largest absolute Gasteiger partial charge is 0.314 e. The van der Waals surface area contributed by atoms with E-state index in [0.29, 0.717) is 5.41 Å². The van der Waals surface area contributed by atoms with Gasteiger partial charge >= 0.3 is 0 Å².